The smallest absolute Gasteiger partial charge is 0.325 e. The lowest BCUT2D eigenvalue weighted by atomic mass is 9.86. The fourth-order valence-electron chi connectivity index (χ4n) is 3.57. The summed E-state index contributed by atoms with van der Waals surface area (Å²) in [5.74, 6) is 0.893. The molecule has 2 aliphatic heterocycles. The number of carbonyl (C=O) groups excluding carboxylic acids is 2. The number of nitrogen functional groups attached to an aromatic ring is 1. The molecule has 2 aliphatic rings. The van der Waals surface area contributed by atoms with Crippen molar-refractivity contribution in [1.82, 2.24) is 20.2 Å². The Morgan fingerprint density at radius 2 is 1.87 bits per heavy atom. The van der Waals surface area contributed by atoms with Gasteiger partial charge >= 0.3 is 6.03 Å². The molecule has 2 fully saturated rings. The van der Waals surface area contributed by atoms with E-state index in [1.165, 1.54) is 0 Å². The van der Waals surface area contributed by atoms with Crippen LogP contribution in [0.3, 0.4) is 0 Å². The Morgan fingerprint density at radius 3 is 2.48 bits per heavy atom. The van der Waals surface area contributed by atoms with Crippen LogP contribution >= 0.6 is 0 Å². The van der Waals surface area contributed by atoms with Gasteiger partial charge in [0.25, 0.3) is 5.91 Å². The van der Waals surface area contributed by atoms with E-state index >= 15 is 0 Å². The standard InChI is InChI=1S/C15H22N6O2/c1-4-21-14(23)19-12(22)15(21)5-7-20(8-6-15)11-9(2)10(3)17-13(16)18-11/h4-8H2,1-3H3,(H2,16,17,18)(H,19,22,23). The summed E-state index contributed by atoms with van der Waals surface area (Å²) in [7, 11) is 0. The normalized spacial score (nSPS) is 20.3. The van der Waals surface area contributed by atoms with E-state index in [1.54, 1.807) is 4.90 Å². The number of amides is 3. The molecule has 0 unspecified atom stereocenters. The number of likely N-dealkylation sites (N-methyl/N-ethyl adjacent to an activating group) is 1. The van der Waals surface area contributed by atoms with Crippen LogP contribution in [-0.2, 0) is 4.79 Å². The van der Waals surface area contributed by atoms with Crippen molar-refractivity contribution in [2.24, 2.45) is 0 Å². The van der Waals surface area contributed by atoms with Gasteiger partial charge in [0.1, 0.15) is 11.4 Å². The number of carbonyl (C=O) groups is 2. The van der Waals surface area contributed by atoms with Crippen molar-refractivity contribution in [2.45, 2.75) is 39.2 Å². The molecule has 1 spiro atoms. The molecule has 3 heterocycles. The van der Waals surface area contributed by atoms with E-state index in [2.05, 4.69) is 20.2 Å². The molecule has 3 amide bonds. The molecular formula is C15H22N6O2. The number of nitrogens with two attached hydrogens (primary N) is 1. The lowest BCUT2D eigenvalue weighted by molar-refractivity contribution is -0.127. The number of hydrogen-bond acceptors (Lipinski definition) is 6. The molecule has 0 aliphatic carbocycles. The summed E-state index contributed by atoms with van der Waals surface area (Å²) in [6, 6.07) is -0.288. The van der Waals surface area contributed by atoms with Crippen molar-refractivity contribution in [1.29, 1.82) is 0 Å². The molecular weight excluding hydrogens is 296 g/mol. The third-order valence-electron chi connectivity index (χ3n) is 4.99. The van der Waals surface area contributed by atoms with Crippen LogP contribution in [0.5, 0.6) is 0 Å². The fourth-order valence-corrected chi connectivity index (χ4v) is 3.57. The number of rotatable bonds is 2. The highest BCUT2D eigenvalue weighted by molar-refractivity contribution is 6.07. The van der Waals surface area contributed by atoms with Gasteiger partial charge in [-0.15, -0.1) is 0 Å². The Bertz CT molecular complexity index is 666. The number of aromatic nitrogens is 2. The monoisotopic (exact) mass is 318 g/mol. The van der Waals surface area contributed by atoms with Gasteiger partial charge in [-0.2, -0.15) is 4.98 Å². The number of nitrogens with one attached hydrogen (secondary N) is 1. The molecule has 0 saturated carbocycles. The van der Waals surface area contributed by atoms with Gasteiger partial charge in [-0.1, -0.05) is 0 Å². The van der Waals surface area contributed by atoms with Crippen molar-refractivity contribution in [3.8, 4) is 0 Å². The Kier molecular flexibility index (Phi) is 3.62. The van der Waals surface area contributed by atoms with Crippen LogP contribution in [0.2, 0.25) is 0 Å². The van der Waals surface area contributed by atoms with Gasteiger partial charge in [-0.25, -0.2) is 9.78 Å². The summed E-state index contributed by atoms with van der Waals surface area (Å²) in [6.45, 7) is 7.59. The maximum atomic E-state index is 12.3. The molecule has 8 heteroatoms. The van der Waals surface area contributed by atoms with E-state index in [9.17, 15) is 9.59 Å². The van der Waals surface area contributed by atoms with Crippen molar-refractivity contribution in [3.63, 3.8) is 0 Å². The summed E-state index contributed by atoms with van der Waals surface area (Å²) >= 11 is 0. The SMILES string of the molecule is CCN1C(=O)NC(=O)C12CCN(c1nc(N)nc(C)c1C)CC2. The Morgan fingerprint density at radius 1 is 1.22 bits per heavy atom. The summed E-state index contributed by atoms with van der Waals surface area (Å²) in [6.07, 6.45) is 1.17. The average Bonchev–Trinajstić information content (AvgIpc) is 2.74. The third-order valence-corrected chi connectivity index (χ3v) is 4.99. The average molecular weight is 318 g/mol. The molecule has 8 nitrogen and oxygen atoms in total. The number of nitrogens with zero attached hydrogens (tertiary/aromatic N) is 4. The first-order chi connectivity index (χ1) is 10.9. The lowest BCUT2D eigenvalue weighted by Crippen LogP contribution is -2.56. The zero-order chi connectivity index (χ0) is 16.8. The van der Waals surface area contributed by atoms with Crippen LogP contribution in [0.15, 0.2) is 0 Å². The summed E-state index contributed by atoms with van der Waals surface area (Å²) in [4.78, 5) is 36.5. The molecule has 1 aromatic rings. The van der Waals surface area contributed by atoms with E-state index in [-0.39, 0.29) is 17.9 Å². The molecule has 23 heavy (non-hydrogen) atoms. The number of anilines is 2. The first kappa shape index (κ1) is 15.5. The number of piperidine rings is 1. The minimum absolute atomic E-state index is 0.181. The van der Waals surface area contributed by atoms with Crippen LogP contribution < -0.4 is 16.0 Å². The molecule has 2 saturated heterocycles. The van der Waals surface area contributed by atoms with Gasteiger partial charge in [-0.3, -0.25) is 10.1 Å². The fraction of sp³-hybridized carbons (Fsp3) is 0.600. The van der Waals surface area contributed by atoms with E-state index < -0.39 is 5.54 Å². The molecule has 3 N–H and O–H groups in total. The number of imide groups is 1. The second-order valence-corrected chi connectivity index (χ2v) is 6.14. The molecule has 0 bridgehead atoms. The van der Waals surface area contributed by atoms with Gasteiger partial charge < -0.3 is 15.5 Å². The molecule has 0 radical (unpaired) electrons. The zero-order valence-electron chi connectivity index (χ0n) is 13.7. The largest absolute Gasteiger partial charge is 0.368 e. The van der Waals surface area contributed by atoms with Crippen LogP contribution in [-0.4, -0.2) is 52.0 Å². The van der Waals surface area contributed by atoms with E-state index in [0.717, 1.165) is 17.1 Å². The predicted molar refractivity (Wildman–Crippen MR) is 86.0 cm³/mol. The van der Waals surface area contributed by atoms with Gasteiger partial charge in [0.2, 0.25) is 5.95 Å². The molecule has 0 aromatic carbocycles. The summed E-state index contributed by atoms with van der Waals surface area (Å²) < 4.78 is 0. The second-order valence-electron chi connectivity index (χ2n) is 6.14. The van der Waals surface area contributed by atoms with Crippen LogP contribution in [0.1, 0.15) is 31.0 Å². The highest BCUT2D eigenvalue weighted by Gasteiger charge is 2.53. The highest BCUT2D eigenvalue weighted by Crippen LogP contribution is 2.35. The third kappa shape index (κ3) is 2.29. The van der Waals surface area contributed by atoms with Gasteiger partial charge in [0.05, 0.1) is 0 Å². The van der Waals surface area contributed by atoms with Gasteiger partial charge in [-0.05, 0) is 33.6 Å². The number of hydrogen-bond donors (Lipinski definition) is 2. The van der Waals surface area contributed by atoms with Crippen molar-refractivity contribution < 1.29 is 9.59 Å². The summed E-state index contributed by atoms with van der Waals surface area (Å²) in [5.41, 5.74) is 6.90. The predicted octanol–water partition coefficient (Wildman–Crippen LogP) is 0.586. The Hall–Kier alpha value is -2.38. The highest BCUT2D eigenvalue weighted by atomic mass is 16.2. The quantitative estimate of drug-likeness (QED) is 0.773. The first-order valence-corrected chi connectivity index (χ1v) is 7.88. The van der Waals surface area contributed by atoms with Crippen molar-refractivity contribution in [3.05, 3.63) is 11.3 Å². The topological polar surface area (TPSA) is 104 Å². The second kappa shape index (κ2) is 5.36. The minimum Gasteiger partial charge on any atom is -0.368 e. The van der Waals surface area contributed by atoms with Crippen LogP contribution in [0.25, 0.3) is 0 Å². The molecule has 1 aromatic heterocycles. The number of urea groups is 1. The molecule has 3 rings (SSSR count). The van der Waals surface area contributed by atoms with Gasteiger partial charge in [0.15, 0.2) is 0 Å². The first-order valence-electron chi connectivity index (χ1n) is 7.88. The van der Waals surface area contributed by atoms with Crippen LogP contribution in [0, 0.1) is 13.8 Å². The molecule has 124 valence electrons. The Balaban J connectivity index is 1.84. The number of aryl methyl sites for hydroxylation is 1. The lowest BCUT2D eigenvalue weighted by Gasteiger charge is -2.42. The Labute approximate surface area is 135 Å². The minimum atomic E-state index is -0.718. The maximum Gasteiger partial charge on any atom is 0.325 e. The zero-order valence-corrected chi connectivity index (χ0v) is 13.7. The molecule has 0 atom stereocenters. The van der Waals surface area contributed by atoms with E-state index in [1.807, 2.05) is 20.8 Å². The van der Waals surface area contributed by atoms with E-state index in [0.29, 0.717) is 32.5 Å². The maximum absolute atomic E-state index is 12.3. The van der Waals surface area contributed by atoms with Gasteiger partial charge in [0, 0.05) is 30.9 Å². The summed E-state index contributed by atoms with van der Waals surface area (Å²) in [5, 5.41) is 2.45. The van der Waals surface area contributed by atoms with Crippen molar-refractivity contribution >= 4 is 23.7 Å². The van der Waals surface area contributed by atoms with Crippen LogP contribution in [0.4, 0.5) is 16.6 Å². The van der Waals surface area contributed by atoms with E-state index in [4.69, 9.17) is 5.73 Å². The van der Waals surface area contributed by atoms with Crippen molar-refractivity contribution in [2.75, 3.05) is 30.3 Å².